The molecule has 112 valence electrons. The Morgan fingerprint density at radius 1 is 1.42 bits per heavy atom. The van der Waals surface area contributed by atoms with Crippen molar-refractivity contribution < 1.29 is 17.9 Å². The Bertz CT molecular complexity index is 391. The number of nitrogens with one attached hydrogen (secondary N) is 1. The van der Waals surface area contributed by atoms with Gasteiger partial charge in [-0.05, 0) is 25.7 Å². The molecule has 0 radical (unpaired) electrons. The average Bonchev–Trinajstić information content (AvgIpc) is 2.88. The third-order valence-electron chi connectivity index (χ3n) is 3.71. The van der Waals surface area contributed by atoms with Crippen LogP contribution >= 0.6 is 0 Å². The predicted molar refractivity (Wildman–Crippen MR) is 72.7 cm³/mol. The summed E-state index contributed by atoms with van der Waals surface area (Å²) in [4.78, 5) is 11.0. The van der Waals surface area contributed by atoms with E-state index in [9.17, 15) is 13.2 Å². The summed E-state index contributed by atoms with van der Waals surface area (Å²) in [7, 11) is -0.771. The minimum Gasteiger partial charge on any atom is -0.469 e. The van der Waals surface area contributed by atoms with Crippen LogP contribution in [0.2, 0.25) is 0 Å². The Morgan fingerprint density at radius 2 is 2.00 bits per heavy atom. The molecule has 0 spiro atoms. The van der Waals surface area contributed by atoms with Gasteiger partial charge in [-0.15, -0.1) is 0 Å². The van der Waals surface area contributed by atoms with Crippen LogP contribution in [0.4, 0.5) is 0 Å². The van der Waals surface area contributed by atoms with Gasteiger partial charge >= 0.3 is 5.97 Å². The normalized spacial score (nSPS) is 18.7. The highest BCUT2D eigenvalue weighted by atomic mass is 32.2. The minimum absolute atomic E-state index is 0.0612. The van der Waals surface area contributed by atoms with Crippen molar-refractivity contribution in [3.63, 3.8) is 0 Å². The second-order valence-electron chi connectivity index (χ2n) is 5.10. The number of ether oxygens (including phenoxy) is 1. The van der Waals surface area contributed by atoms with Gasteiger partial charge in [-0.1, -0.05) is 12.8 Å². The van der Waals surface area contributed by atoms with E-state index in [4.69, 9.17) is 0 Å². The zero-order valence-corrected chi connectivity index (χ0v) is 12.7. The standard InChI is InChI=1S/C12H24N2O4S/c1-10(11-6-4-5-7-11)13-19(16,17)14(2)9-8-12(15)18-3/h10-11,13H,4-9H2,1-3H3/t10-/m1/s1. The fourth-order valence-corrected chi connectivity index (χ4v) is 3.52. The van der Waals surface area contributed by atoms with E-state index < -0.39 is 16.2 Å². The SMILES string of the molecule is COC(=O)CCN(C)S(=O)(=O)N[C@H](C)C1CCCC1. The summed E-state index contributed by atoms with van der Waals surface area (Å²) >= 11 is 0. The van der Waals surface area contributed by atoms with Gasteiger partial charge in [0.1, 0.15) is 0 Å². The lowest BCUT2D eigenvalue weighted by Crippen LogP contribution is -2.45. The molecule has 0 aromatic heterocycles. The second kappa shape index (κ2) is 7.21. The number of esters is 1. The maximum atomic E-state index is 12.1. The maximum absolute atomic E-state index is 12.1. The molecule has 0 aliphatic heterocycles. The molecule has 1 aliphatic carbocycles. The minimum atomic E-state index is -3.53. The molecule has 1 saturated carbocycles. The quantitative estimate of drug-likeness (QED) is 0.707. The maximum Gasteiger partial charge on any atom is 0.306 e. The molecular weight excluding hydrogens is 268 g/mol. The topological polar surface area (TPSA) is 75.7 Å². The van der Waals surface area contributed by atoms with Crippen LogP contribution in [0.5, 0.6) is 0 Å². The highest BCUT2D eigenvalue weighted by Crippen LogP contribution is 2.27. The molecule has 1 aliphatic rings. The fraction of sp³-hybridized carbons (Fsp3) is 0.917. The van der Waals surface area contributed by atoms with E-state index in [0.29, 0.717) is 5.92 Å². The van der Waals surface area contributed by atoms with Crippen molar-refractivity contribution in [1.82, 2.24) is 9.03 Å². The van der Waals surface area contributed by atoms with E-state index in [0.717, 1.165) is 17.1 Å². The smallest absolute Gasteiger partial charge is 0.306 e. The Labute approximate surface area is 115 Å². The van der Waals surface area contributed by atoms with Crippen molar-refractivity contribution in [2.45, 2.75) is 45.1 Å². The van der Waals surface area contributed by atoms with Crippen LogP contribution in [0.15, 0.2) is 0 Å². The Balaban J connectivity index is 2.47. The molecule has 0 heterocycles. The number of rotatable bonds is 7. The van der Waals surface area contributed by atoms with Crippen LogP contribution in [-0.4, -0.2) is 45.4 Å². The van der Waals surface area contributed by atoms with Crippen LogP contribution < -0.4 is 4.72 Å². The Kier molecular flexibility index (Phi) is 6.22. The number of hydrogen-bond acceptors (Lipinski definition) is 4. The highest BCUT2D eigenvalue weighted by Gasteiger charge is 2.27. The molecule has 0 unspecified atom stereocenters. The lowest BCUT2D eigenvalue weighted by Gasteiger charge is -2.24. The molecule has 19 heavy (non-hydrogen) atoms. The van der Waals surface area contributed by atoms with Crippen molar-refractivity contribution >= 4 is 16.2 Å². The first-order valence-corrected chi connectivity index (χ1v) is 8.11. The largest absolute Gasteiger partial charge is 0.469 e. The summed E-state index contributed by atoms with van der Waals surface area (Å²) < 4.78 is 32.5. The zero-order chi connectivity index (χ0) is 14.5. The van der Waals surface area contributed by atoms with Crippen molar-refractivity contribution in [2.24, 2.45) is 5.92 Å². The van der Waals surface area contributed by atoms with Crippen LogP contribution in [0.25, 0.3) is 0 Å². The fourth-order valence-electron chi connectivity index (χ4n) is 2.35. The summed E-state index contributed by atoms with van der Waals surface area (Å²) in [5.74, 6) is 0.00896. The summed E-state index contributed by atoms with van der Waals surface area (Å²) in [5, 5.41) is 0. The summed E-state index contributed by atoms with van der Waals surface area (Å²) in [6.07, 6.45) is 4.57. The second-order valence-corrected chi connectivity index (χ2v) is 6.91. The number of nitrogens with zero attached hydrogens (tertiary/aromatic N) is 1. The predicted octanol–water partition coefficient (Wildman–Crippen LogP) is 0.894. The van der Waals surface area contributed by atoms with Gasteiger partial charge in [0.25, 0.3) is 10.2 Å². The van der Waals surface area contributed by atoms with Gasteiger partial charge in [0, 0.05) is 19.6 Å². The van der Waals surface area contributed by atoms with E-state index >= 15 is 0 Å². The van der Waals surface area contributed by atoms with Gasteiger partial charge in [0.2, 0.25) is 0 Å². The van der Waals surface area contributed by atoms with E-state index in [1.807, 2.05) is 6.92 Å². The summed E-state index contributed by atoms with van der Waals surface area (Å²) in [5.41, 5.74) is 0. The first-order chi connectivity index (χ1) is 8.86. The lowest BCUT2D eigenvalue weighted by molar-refractivity contribution is -0.140. The number of carbonyl (C=O) groups excluding carboxylic acids is 1. The molecule has 7 heteroatoms. The first kappa shape index (κ1) is 16.4. The van der Waals surface area contributed by atoms with Gasteiger partial charge in [0.15, 0.2) is 0 Å². The molecule has 1 N–H and O–H groups in total. The molecule has 0 amide bonds. The van der Waals surface area contributed by atoms with Crippen molar-refractivity contribution in [2.75, 3.05) is 20.7 Å². The lowest BCUT2D eigenvalue weighted by atomic mass is 10.0. The molecule has 0 aromatic carbocycles. The van der Waals surface area contributed by atoms with Gasteiger partial charge in [-0.2, -0.15) is 17.4 Å². The van der Waals surface area contributed by atoms with Gasteiger partial charge in [-0.25, -0.2) is 0 Å². The van der Waals surface area contributed by atoms with Crippen molar-refractivity contribution in [1.29, 1.82) is 0 Å². The van der Waals surface area contributed by atoms with Crippen molar-refractivity contribution in [3.05, 3.63) is 0 Å². The summed E-state index contributed by atoms with van der Waals surface area (Å²) in [6, 6.07) is -0.0620. The highest BCUT2D eigenvalue weighted by molar-refractivity contribution is 7.87. The van der Waals surface area contributed by atoms with E-state index in [-0.39, 0.29) is 19.0 Å². The van der Waals surface area contributed by atoms with Gasteiger partial charge in [0.05, 0.1) is 13.5 Å². The van der Waals surface area contributed by atoms with E-state index in [1.54, 1.807) is 0 Å². The zero-order valence-electron chi connectivity index (χ0n) is 11.9. The van der Waals surface area contributed by atoms with Gasteiger partial charge < -0.3 is 4.74 Å². The Morgan fingerprint density at radius 3 is 2.53 bits per heavy atom. The summed E-state index contributed by atoms with van der Waals surface area (Å²) in [6.45, 7) is 2.03. The van der Waals surface area contributed by atoms with Crippen LogP contribution in [0.3, 0.4) is 0 Å². The molecule has 0 saturated heterocycles. The molecule has 1 fully saturated rings. The number of methoxy groups -OCH3 is 1. The van der Waals surface area contributed by atoms with Crippen LogP contribution in [0, 0.1) is 5.92 Å². The van der Waals surface area contributed by atoms with Crippen LogP contribution in [0.1, 0.15) is 39.0 Å². The Hall–Kier alpha value is -0.660. The molecule has 1 rings (SSSR count). The third kappa shape index (κ3) is 5.08. The third-order valence-corrected chi connectivity index (χ3v) is 5.38. The molecule has 0 aromatic rings. The van der Waals surface area contributed by atoms with Crippen molar-refractivity contribution in [3.8, 4) is 0 Å². The number of carbonyl (C=O) groups is 1. The monoisotopic (exact) mass is 292 g/mol. The van der Waals surface area contributed by atoms with E-state index in [1.165, 1.54) is 27.0 Å². The molecular formula is C12H24N2O4S. The van der Waals surface area contributed by atoms with Crippen LogP contribution in [-0.2, 0) is 19.7 Å². The average molecular weight is 292 g/mol. The molecule has 1 atom stereocenters. The molecule has 0 bridgehead atoms. The van der Waals surface area contributed by atoms with Gasteiger partial charge in [-0.3, -0.25) is 4.79 Å². The first-order valence-electron chi connectivity index (χ1n) is 6.67. The molecule has 6 nitrogen and oxygen atoms in total. The number of hydrogen-bond donors (Lipinski definition) is 1. The van der Waals surface area contributed by atoms with E-state index in [2.05, 4.69) is 9.46 Å².